The quantitative estimate of drug-likeness (QED) is 0.128. The summed E-state index contributed by atoms with van der Waals surface area (Å²) >= 11 is 1.95. The number of nitrogens with zero attached hydrogens (tertiary/aromatic N) is 1. The van der Waals surface area contributed by atoms with E-state index in [0.29, 0.717) is 17.7 Å². The highest BCUT2D eigenvalue weighted by molar-refractivity contribution is 7.26. The van der Waals surface area contributed by atoms with Gasteiger partial charge in [-0.05, 0) is 161 Å². The summed E-state index contributed by atoms with van der Waals surface area (Å²) in [7, 11) is 0. The zero-order valence-corrected chi connectivity index (χ0v) is 37.6. The Kier molecular flexibility index (Phi) is 9.20. The van der Waals surface area contributed by atoms with E-state index >= 15 is 0 Å². The third-order valence-electron chi connectivity index (χ3n) is 15.0. The van der Waals surface area contributed by atoms with Crippen LogP contribution >= 0.6 is 11.3 Å². The van der Waals surface area contributed by atoms with Crippen LogP contribution in [0.2, 0.25) is 0 Å². The second-order valence-electron chi connectivity index (χ2n) is 18.9. The first-order valence-corrected chi connectivity index (χ1v) is 24.5. The van der Waals surface area contributed by atoms with Gasteiger partial charge in [-0.2, -0.15) is 0 Å². The fraction of sp³-hybridized carbons (Fsp3) is 0.197. The lowest BCUT2D eigenvalue weighted by Gasteiger charge is -2.24. The molecule has 13 rings (SSSR count). The van der Waals surface area contributed by atoms with Crippen molar-refractivity contribution in [1.82, 2.24) is 0 Å². The number of aryl methyl sites for hydroxylation is 2. The molecule has 0 amide bonds. The summed E-state index contributed by atoms with van der Waals surface area (Å²) in [4.78, 5) is 5.58. The number of rotatable bonds is 7. The van der Waals surface area contributed by atoms with Gasteiger partial charge >= 0.3 is 0 Å². The normalized spacial score (nSPS) is 19.9. The van der Waals surface area contributed by atoms with Gasteiger partial charge in [0.25, 0.3) is 0 Å². The summed E-state index contributed by atoms with van der Waals surface area (Å²) < 4.78 is 9.70. The Morgan fingerprint density at radius 3 is 2.43 bits per heavy atom. The molecule has 2 heterocycles. The van der Waals surface area contributed by atoms with Gasteiger partial charge in [-0.15, -0.1) is 11.3 Å². The zero-order chi connectivity index (χ0) is 43.2. The highest BCUT2D eigenvalue weighted by Gasteiger charge is 2.40. The van der Waals surface area contributed by atoms with Gasteiger partial charge < -0.3 is 10.2 Å². The number of benzene rings is 7. The Balaban J connectivity index is 0.976. The molecule has 1 saturated carbocycles. The largest absolute Gasteiger partial charge is 0.456 e. The second kappa shape index (κ2) is 15.5. The van der Waals surface area contributed by atoms with Crippen molar-refractivity contribution in [3.05, 3.63) is 208 Å². The van der Waals surface area contributed by atoms with Crippen molar-refractivity contribution in [2.24, 2.45) is 16.6 Å². The fourth-order valence-electron chi connectivity index (χ4n) is 11.9. The molecule has 1 fully saturated rings. The van der Waals surface area contributed by atoms with E-state index < -0.39 is 0 Å². The molecule has 0 radical (unpaired) electrons. The summed E-state index contributed by atoms with van der Waals surface area (Å²) in [6, 6.07) is 51.6. The Morgan fingerprint density at radius 2 is 1.51 bits per heavy atom. The van der Waals surface area contributed by atoms with E-state index in [1.54, 1.807) is 0 Å². The van der Waals surface area contributed by atoms with Crippen LogP contribution in [0.5, 0.6) is 0 Å². The van der Waals surface area contributed by atoms with E-state index in [1.165, 1.54) is 98.2 Å². The van der Waals surface area contributed by atoms with Gasteiger partial charge in [-0.1, -0.05) is 127 Å². The number of hydrogen-bond acceptors (Lipinski definition) is 3. The first-order chi connectivity index (χ1) is 32.0. The minimum atomic E-state index is 0.172. The predicted octanol–water partition coefficient (Wildman–Crippen LogP) is 16.3. The van der Waals surface area contributed by atoms with Crippen LogP contribution < -0.4 is 5.73 Å². The fourth-order valence-corrected chi connectivity index (χ4v) is 13.1. The van der Waals surface area contributed by atoms with Crippen LogP contribution in [-0.4, -0.2) is 5.84 Å². The number of hydrogen-bond donors (Lipinski definition) is 1. The summed E-state index contributed by atoms with van der Waals surface area (Å²) in [5.41, 5.74) is 24.6. The summed E-state index contributed by atoms with van der Waals surface area (Å²) in [5.74, 6) is 1.79. The molecule has 3 nitrogen and oxygen atoms in total. The molecule has 2 aromatic heterocycles. The van der Waals surface area contributed by atoms with Gasteiger partial charge in [-0.25, -0.2) is 4.99 Å². The van der Waals surface area contributed by atoms with Crippen LogP contribution in [0.1, 0.15) is 96.2 Å². The van der Waals surface area contributed by atoms with Crippen LogP contribution in [0.4, 0.5) is 0 Å². The number of para-hydroxylation sites is 1. The Hall–Kier alpha value is -6.75. The third-order valence-corrected chi connectivity index (χ3v) is 16.3. The van der Waals surface area contributed by atoms with Crippen molar-refractivity contribution in [1.29, 1.82) is 0 Å². The molecule has 0 spiro atoms. The van der Waals surface area contributed by atoms with Crippen molar-refractivity contribution < 1.29 is 4.42 Å². The summed E-state index contributed by atoms with van der Waals surface area (Å²) in [6.07, 6.45) is 15.3. The maximum atomic E-state index is 7.27. The van der Waals surface area contributed by atoms with Crippen LogP contribution in [0.25, 0.3) is 69.7 Å². The van der Waals surface area contributed by atoms with Crippen LogP contribution in [0.3, 0.4) is 0 Å². The first-order valence-electron chi connectivity index (χ1n) is 23.6. The molecule has 0 bridgehead atoms. The van der Waals surface area contributed by atoms with Crippen LogP contribution in [0, 0.1) is 5.92 Å². The lowest BCUT2D eigenvalue weighted by atomic mass is 9.79. The van der Waals surface area contributed by atoms with Crippen molar-refractivity contribution in [2.75, 3.05) is 0 Å². The number of amidine groups is 1. The predicted molar refractivity (Wildman–Crippen MR) is 276 cm³/mol. The molecule has 4 aliphatic rings. The van der Waals surface area contributed by atoms with Gasteiger partial charge in [-0.3, -0.25) is 0 Å². The number of allylic oxidation sites excluding steroid dienone is 6. The summed E-state index contributed by atoms with van der Waals surface area (Å²) in [6.45, 7) is 2.31. The third kappa shape index (κ3) is 6.56. The smallest absolute Gasteiger partial charge is 0.136 e. The summed E-state index contributed by atoms with van der Waals surface area (Å²) in [5, 5.41) is 7.76. The number of fused-ring (bicyclic) bond motifs is 10. The van der Waals surface area contributed by atoms with Crippen molar-refractivity contribution in [3.63, 3.8) is 0 Å². The Bertz CT molecular complexity index is 3610. The molecule has 4 heteroatoms. The highest BCUT2D eigenvalue weighted by atomic mass is 32.1. The van der Waals surface area contributed by atoms with E-state index in [1.807, 2.05) is 11.3 Å². The number of thiophene rings is 1. The molecule has 2 unspecified atom stereocenters. The van der Waals surface area contributed by atoms with Gasteiger partial charge in [0.2, 0.25) is 0 Å². The zero-order valence-electron chi connectivity index (χ0n) is 36.7. The van der Waals surface area contributed by atoms with Crippen molar-refractivity contribution >= 4 is 86.9 Å². The molecule has 9 aromatic rings. The van der Waals surface area contributed by atoms with Gasteiger partial charge in [0, 0.05) is 48.0 Å². The average molecular weight is 859 g/mol. The first kappa shape index (κ1) is 38.7. The maximum Gasteiger partial charge on any atom is 0.136 e. The minimum Gasteiger partial charge on any atom is -0.456 e. The maximum absolute atomic E-state index is 7.27. The van der Waals surface area contributed by atoms with Crippen LogP contribution in [0.15, 0.2) is 178 Å². The number of aliphatic imine (C=N–C) groups is 1. The highest BCUT2D eigenvalue weighted by Crippen LogP contribution is 2.55. The van der Waals surface area contributed by atoms with E-state index in [0.717, 1.165) is 72.9 Å². The Morgan fingerprint density at radius 1 is 0.708 bits per heavy atom. The van der Waals surface area contributed by atoms with E-state index in [2.05, 4.69) is 165 Å². The molecular formula is C61H50N2OS. The number of furan rings is 1. The molecule has 316 valence electrons. The van der Waals surface area contributed by atoms with Gasteiger partial charge in [0.05, 0.1) is 5.70 Å². The second-order valence-corrected chi connectivity index (χ2v) is 20.0. The van der Waals surface area contributed by atoms with Gasteiger partial charge in [0.1, 0.15) is 17.0 Å². The number of nitrogens with two attached hydrogens (primary N) is 1. The molecular weight excluding hydrogens is 809 g/mol. The molecule has 0 saturated heterocycles. The van der Waals surface area contributed by atoms with E-state index in [9.17, 15) is 0 Å². The van der Waals surface area contributed by atoms with Crippen LogP contribution in [-0.2, 0) is 12.8 Å². The molecule has 3 atom stereocenters. The van der Waals surface area contributed by atoms with Gasteiger partial charge in [0.15, 0.2) is 0 Å². The van der Waals surface area contributed by atoms with E-state index in [4.69, 9.17) is 15.1 Å². The molecule has 65 heavy (non-hydrogen) atoms. The Labute approximate surface area is 384 Å². The molecule has 4 aliphatic carbocycles. The minimum absolute atomic E-state index is 0.172. The topological polar surface area (TPSA) is 51.5 Å². The molecule has 2 N–H and O–H groups in total. The monoisotopic (exact) mass is 858 g/mol. The van der Waals surface area contributed by atoms with E-state index in [-0.39, 0.29) is 5.92 Å². The lowest BCUT2D eigenvalue weighted by Crippen LogP contribution is -2.17. The standard InChI is InChI=1S/C61H50N2OS/c1-36(30-41-33-53(41)49-24-13-23-48-47-21-9-11-27-57(47)65-60(48)49)59(63-61(62)50-25-12-17-37-14-4-5-18-43(37)50)42-34-54(58-51-22-8-10-26-55(51)64-56(58)35-42)46-29-28-40-31-38-15-2-3-16-39(38)32-52(40)45-20-7-6-19-44(45)46/h2-6,8-11,13-16,18-19,21-27,31-32,34-35,41,46,53H,7,12,17,20,28-30,33H2,1H3,(H2,62,63)/b59-36-/t41?,46-,53?/m0/s1. The lowest BCUT2D eigenvalue weighted by molar-refractivity contribution is 0.667. The average Bonchev–Trinajstić information content (AvgIpc) is 3.89. The SMILES string of the molecule is C/C(CC1CC1c1cccc2c1sc1ccccc12)=C(/N=C(N)C1=CCCc2ccccc21)c1cc([C@H]2CCc3cc4ccccc4cc3C3=C2C=CCC3)c2c(c1)oc1ccccc12. The molecule has 7 aromatic carbocycles. The molecule has 0 aliphatic heterocycles. The van der Waals surface area contributed by atoms with Crippen molar-refractivity contribution in [3.8, 4) is 0 Å². The van der Waals surface area contributed by atoms with Crippen molar-refractivity contribution in [2.45, 2.75) is 70.1 Å².